The van der Waals surface area contributed by atoms with Crippen LogP contribution in [0.1, 0.15) is 38.8 Å². The second-order valence-electron chi connectivity index (χ2n) is 4.19. The molecule has 6 heteroatoms. The summed E-state index contributed by atoms with van der Waals surface area (Å²) in [5.41, 5.74) is 6.40. The molecule has 0 fully saturated rings. The average Bonchev–Trinajstić information content (AvgIpc) is 2.37. The summed E-state index contributed by atoms with van der Waals surface area (Å²) in [6, 6.07) is 1.82. The van der Waals surface area contributed by atoms with Gasteiger partial charge >= 0.3 is 5.97 Å². The molecule has 0 unspecified atom stereocenters. The Labute approximate surface area is 113 Å². The molecule has 106 valence electrons. The number of aromatic nitrogens is 2. The van der Waals surface area contributed by atoms with Crippen LogP contribution in [0, 0.1) is 0 Å². The molecule has 0 radical (unpaired) electrons. The zero-order chi connectivity index (χ0) is 14.1. The molecule has 1 aromatic rings. The van der Waals surface area contributed by atoms with Gasteiger partial charge < -0.3 is 15.8 Å². The first-order chi connectivity index (χ1) is 9.15. The molecule has 0 amide bonds. The Morgan fingerprint density at radius 1 is 1.42 bits per heavy atom. The van der Waals surface area contributed by atoms with E-state index in [0.29, 0.717) is 25.3 Å². The van der Waals surface area contributed by atoms with Gasteiger partial charge in [0.05, 0.1) is 13.0 Å². The maximum atomic E-state index is 11.3. The summed E-state index contributed by atoms with van der Waals surface area (Å²) in [6.07, 6.45) is 3.00. The smallest absolute Gasteiger partial charge is 0.306 e. The molecular formula is C13H22N4O2. The first-order valence-corrected chi connectivity index (χ1v) is 6.68. The lowest BCUT2D eigenvalue weighted by Crippen LogP contribution is -2.09. The van der Waals surface area contributed by atoms with Crippen LogP contribution >= 0.6 is 0 Å². The lowest BCUT2D eigenvalue weighted by Gasteiger charge is -2.07. The van der Waals surface area contributed by atoms with E-state index in [-0.39, 0.29) is 11.9 Å². The summed E-state index contributed by atoms with van der Waals surface area (Å²) in [4.78, 5) is 19.5. The fourth-order valence-corrected chi connectivity index (χ4v) is 1.59. The predicted octanol–water partition coefficient (Wildman–Crippen LogP) is 1.77. The minimum absolute atomic E-state index is 0.222. The van der Waals surface area contributed by atoms with E-state index in [2.05, 4.69) is 22.2 Å². The number of hydrogen-bond donors (Lipinski definition) is 2. The van der Waals surface area contributed by atoms with E-state index < -0.39 is 0 Å². The van der Waals surface area contributed by atoms with Crippen molar-refractivity contribution in [3.8, 4) is 0 Å². The lowest BCUT2D eigenvalue weighted by molar-refractivity contribution is -0.143. The van der Waals surface area contributed by atoms with E-state index in [1.807, 2.05) is 6.07 Å². The average molecular weight is 266 g/mol. The molecule has 19 heavy (non-hydrogen) atoms. The number of nitrogen functional groups attached to an aromatic ring is 1. The van der Waals surface area contributed by atoms with Crippen molar-refractivity contribution in [2.75, 3.05) is 24.2 Å². The molecule has 1 heterocycles. The van der Waals surface area contributed by atoms with Gasteiger partial charge in [-0.15, -0.1) is 0 Å². The largest absolute Gasteiger partial charge is 0.466 e. The molecular weight excluding hydrogens is 244 g/mol. The quantitative estimate of drug-likeness (QED) is 0.550. The van der Waals surface area contributed by atoms with E-state index in [1.165, 1.54) is 0 Å². The second kappa shape index (κ2) is 8.29. The van der Waals surface area contributed by atoms with Gasteiger partial charge in [0.25, 0.3) is 0 Å². The number of nitrogens with two attached hydrogens (primary N) is 1. The number of carbonyl (C=O) groups excluding carboxylic acids is 1. The van der Waals surface area contributed by atoms with Crippen LogP contribution in [0.25, 0.3) is 0 Å². The van der Waals surface area contributed by atoms with Crippen molar-refractivity contribution in [2.45, 2.75) is 39.5 Å². The molecule has 0 aliphatic rings. The molecule has 0 spiro atoms. The third-order valence-corrected chi connectivity index (χ3v) is 2.52. The summed E-state index contributed by atoms with van der Waals surface area (Å²) in [5.74, 6) is 0.709. The van der Waals surface area contributed by atoms with Gasteiger partial charge in [0.15, 0.2) is 0 Å². The Bertz CT molecular complexity index is 410. The van der Waals surface area contributed by atoms with E-state index in [4.69, 9.17) is 10.5 Å². The third kappa shape index (κ3) is 6.03. The first kappa shape index (κ1) is 15.2. The fourth-order valence-electron chi connectivity index (χ4n) is 1.59. The maximum absolute atomic E-state index is 11.3. The van der Waals surface area contributed by atoms with Crippen molar-refractivity contribution >= 4 is 17.7 Å². The molecule has 0 saturated carbocycles. The van der Waals surface area contributed by atoms with Crippen LogP contribution in [0.15, 0.2) is 6.07 Å². The number of rotatable bonds is 8. The summed E-state index contributed by atoms with van der Waals surface area (Å²) in [5, 5.41) is 3.19. The van der Waals surface area contributed by atoms with Crippen molar-refractivity contribution in [1.29, 1.82) is 0 Å². The molecule has 0 saturated heterocycles. The second-order valence-corrected chi connectivity index (χ2v) is 4.19. The highest BCUT2D eigenvalue weighted by molar-refractivity contribution is 5.69. The Morgan fingerprint density at radius 3 is 2.89 bits per heavy atom. The zero-order valence-corrected chi connectivity index (χ0v) is 11.6. The van der Waals surface area contributed by atoms with E-state index in [9.17, 15) is 4.79 Å². The normalized spacial score (nSPS) is 10.2. The van der Waals surface area contributed by atoms with Crippen molar-refractivity contribution in [3.63, 3.8) is 0 Å². The summed E-state index contributed by atoms with van der Waals surface area (Å²) in [7, 11) is 0. The molecule has 1 aromatic heterocycles. The van der Waals surface area contributed by atoms with Crippen molar-refractivity contribution in [1.82, 2.24) is 9.97 Å². The van der Waals surface area contributed by atoms with Crippen LogP contribution in [0.4, 0.5) is 11.8 Å². The summed E-state index contributed by atoms with van der Waals surface area (Å²) in [6.45, 7) is 5.16. The number of aryl methyl sites for hydroxylation is 1. The summed E-state index contributed by atoms with van der Waals surface area (Å²) >= 11 is 0. The monoisotopic (exact) mass is 266 g/mol. The van der Waals surface area contributed by atoms with Crippen LogP contribution in [0.5, 0.6) is 0 Å². The van der Waals surface area contributed by atoms with Gasteiger partial charge in [0.2, 0.25) is 5.95 Å². The van der Waals surface area contributed by atoms with Gasteiger partial charge in [0.1, 0.15) is 5.82 Å². The highest BCUT2D eigenvalue weighted by atomic mass is 16.5. The Morgan fingerprint density at radius 2 is 2.21 bits per heavy atom. The number of ether oxygens (including phenoxy) is 1. The number of anilines is 2. The fraction of sp³-hybridized carbons (Fsp3) is 0.615. The first-order valence-electron chi connectivity index (χ1n) is 6.68. The predicted molar refractivity (Wildman–Crippen MR) is 74.8 cm³/mol. The van der Waals surface area contributed by atoms with Gasteiger partial charge in [-0.25, -0.2) is 4.98 Å². The Kier molecular flexibility index (Phi) is 6.63. The Hall–Kier alpha value is -1.85. The molecule has 0 aliphatic heterocycles. The molecule has 0 bridgehead atoms. The van der Waals surface area contributed by atoms with E-state index >= 15 is 0 Å². The number of hydrogen-bond acceptors (Lipinski definition) is 6. The van der Waals surface area contributed by atoms with Crippen LogP contribution in [-0.2, 0) is 16.0 Å². The molecule has 6 nitrogen and oxygen atoms in total. The molecule has 0 aliphatic carbocycles. The highest BCUT2D eigenvalue weighted by Gasteiger charge is 2.06. The van der Waals surface area contributed by atoms with Gasteiger partial charge in [-0.05, 0) is 13.3 Å². The topological polar surface area (TPSA) is 90.1 Å². The van der Waals surface area contributed by atoms with Crippen LogP contribution in [-0.4, -0.2) is 29.1 Å². The minimum Gasteiger partial charge on any atom is -0.466 e. The molecule has 1 rings (SSSR count). The van der Waals surface area contributed by atoms with Gasteiger partial charge in [-0.2, -0.15) is 4.98 Å². The van der Waals surface area contributed by atoms with E-state index in [1.54, 1.807) is 6.92 Å². The standard InChI is InChI=1S/C13H22N4O2/c1-3-5-8-15-11-9-10(16-13(14)17-11)6-7-12(18)19-4-2/h9H,3-8H2,1-2H3,(H3,14,15,16,17). The van der Waals surface area contributed by atoms with Crippen LogP contribution in [0.2, 0.25) is 0 Å². The van der Waals surface area contributed by atoms with Gasteiger partial charge in [-0.3, -0.25) is 4.79 Å². The molecule has 3 N–H and O–H groups in total. The SMILES string of the molecule is CCCCNc1cc(CCC(=O)OCC)nc(N)n1. The van der Waals surface area contributed by atoms with Gasteiger partial charge in [-0.1, -0.05) is 13.3 Å². The minimum atomic E-state index is -0.222. The highest BCUT2D eigenvalue weighted by Crippen LogP contribution is 2.10. The third-order valence-electron chi connectivity index (χ3n) is 2.52. The number of unbranched alkanes of at least 4 members (excludes halogenated alkanes) is 1. The Balaban J connectivity index is 2.55. The number of esters is 1. The van der Waals surface area contributed by atoms with Crippen molar-refractivity contribution < 1.29 is 9.53 Å². The molecule has 0 atom stereocenters. The van der Waals surface area contributed by atoms with Crippen molar-refractivity contribution in [3.05, 3.63) is 11.8 Å². The maximum Gasteiger partial charge on any atom is 0.306 e. The summed E-state index contributed by atoms with van der Waals surface area (Å²) < 4.78 is 4.87. The molecule has 0 aromatic carbocycles. The lowest BCUT2D eigenvalue weighted by atomic mass is 10.2. The van der Waals surface area contributed by atoms with E-state index in [0.717, 1.165) is 25.1 Å². The van der Waals surface area contributed by atoms with Crippen LogP contribution in [0.3, 0.4) is 0 Å². The number of carbonyl (C=O) groups is 1. The van der Waals surface area contributed by atoms with Crippen LogP contribution < -0.4 is 11.1 Å². The number of nitrogens with zero attached hydrogens (tertiary/aromatic N) is 2. The van der Waals surface area contributed by atoms with Gasteiger partial charge in [0, 0.05) is 24.7 Å². The number of nitrogens with one attached hydrogen (secondary N) is 1. The zero-order valence-electron chi connectivity index (χ0n) is 11.6. The van der Waals surface area contributed by atoms with Crippen molar-refractivity contribution in [2.24, 2.45) is 0 Å².